The topological polar surface area (TPSA) is 102 Å². The molecule has 0 atom stereocenters. The number of nitrogens with two attached hydrogens (primary N) is 2. The van der Waals surface area contributed by atoms with Gasteiger partial charge in [0.15, 0.2) is 0 Å². The van der Waals surface area contributed by atoms with Gasteiger partial charge in [-0.3, -0.25) is 4.90 Å². The minimum atomic E-state index is 0.193. The first-order valence-electron chi connectivity index (χ1n) is 5.68. The second-order valence-corrected chi connectivity index (χ2v) is 3.92. The fourth-order valence-electron chi connectivity index (χ4n) is 1.74. The zero-order valence-corrected chi connectivity index (χ0v) is 9.72. The molecule has 7 heteroatoms. The van der Waals surface area contributed by atoms with Crippen molar-refractivity contribution in [1.29, 1.82) is 0 Å². The van der Waals surface area contributed by atoms with Crippen LogP contribution >= 0.6 is 0 Å². The first-order chi connectivity index (χ1) is 8.24. The number of ether oxygens (including phenoxy) is 1. The van der Waals surface area contributed by atoms with Gasteiger partial charge in [0.25, 0.3) is 0 Å². The first kappa shape index (κ1) is 11.9. The van der Waals surface area contributed by atoms with Crippen molar-refractivity contribution in [2.45, 2.75) is 0 Å². The second-order valence-electron chi connectivity index (χ2n) is 3.92. The Balaban J connectivity index is 1.77. The Hall–Kier alpha value is -1.60. The Morgan fingerprint density at radius 2 is 2.06 bits per heavy atom. The molecule has 0 spiro atoms. The van der Waals surface area contributed by atoms with Gasteiger partial charge >= 0.3 is 0 Å². The maximum Gasteiger partial charge on any atom is 0.223 e. The third-order valence-electron chi connectivity index (χ3n) is 2.60. The molecule has 1 aliphatic rings. The number of morpholine rings is 1. The summed E-state index contributed by atoms with van der Waals surface area (Å²) in [7, 11) is 0. The molecule has 2 rings (SSSR count). The highest BCUT2D eigenvalue weighted by Gasteiger charge is 2.09. The second kappa shape index (κ2) is 5.65. The van der Waals surface area contributed by atoms with Gasteiger partial charge in [-0.15, -0.1) is 0 Å². The SMILES string of the molecule is Nc1cc(NCCN2CCOCC2)nc(N)n1. The molecular weight excluding hydrogens is 220 g/mol. The van der Waals surface area contributed by atoms with Gasteiger partial charge in [-0.25, -0.2) is 0 Å². The molecule has 0 radical (unpaired) electrons. The van der Waals surface area contributed by atoms with E-state index in [1.165, 1.54) is 0 Å². The minimum Gasteiger partial charge on any atom is -0.383 e. The van der Waals surface area contributed by atoms with Crippen molar-refractivity contribution >= 4 is 17.6 Å². The fraction of sp³-hybridized carbons (Fsp3) is 0.600. The van der Waals surface area contributed by atoms with Crippen molar-refractivity contribution in [2.75, 3.05) is 56.2 Å². The third-order valence-corrected chi connectivity index (χ3v) is 2.60. The minimum absolute atomic E-state index is 0.193. The van der Waals surface area contributed by atoms with Gasteiger partial charge in [0.1, 0.15) is 11.6 Å². The molecule has 0 unspecified atom stereocenters. The lowest BCUT2D eigenvalue weighted by Crippen LogP contribution is -2.39. The van der Waals surface area contributed by atoms with E-state index in [2.05, 4.69) is 20.2 Å². The maximum atomic E-state index is 5.58. The van der Waals surface area contributed by atoms with Crippen molar-refractivity contribution < 1.29 is 4.74 Å². The van der Waals surface area contributed by atoms with Crippen LogP contribution in [0.25, 0.3) is 0 Å². The summed E-state index contributed by atoms with van der Waals surface area (Å²) >= 11 is 0. The van der Waals surface area contributed by atoms with Crippen LogP contribution in [0.2, 0.25) is 0 Å². The van der Waals surface area contributed by atoms with Gasteiger partial charge in [0.2, 0.25) is 5.95 Å². The normalized spacial score (nSPS) is 16.9. The van der Waals surface area contributed by atoms with Crippen molar-refractivity contribution in [3.05, 3.63) is 6.07 Å². The molecule has 7 nitrogen and oxygen atoms in total. The summed E-state index contributed by atoms with van der Waals surface area (Å²) in [6.45, 7) is 5.34. The van der Waals surface area contributed by atoms with Crippen LogP contribution in [0.1, 0.15) is 0 Å². The Bertz CT molecular complexity index is 346. The molecule has 1 aromatic rings. The molecule has 94 valence electrons. The Kier molecular flexibility index (Phi) is 3.94. The van der Waals surface area contributed by atoms with Crippen molar-refractivity contribution in [2.24, 2.45) is 0 Å². The molecule has 0 amide bonds. The quantitative estimate of drug-likeness (QED) is 0.642. The molecule has 1 saturated heterocycles. The number of aromatic nitrogens is 2. The van der Waals surface area contributed by atoms with Gasteiger partial charge in [-0.2, -0.15) is 9.97 Å². The fourth-order valence-corrected chi connectivity index (χ4v) is 1.74. The molecule has 0 bridgehead atoms. The first-order valence-corrected chi connectivity index (χ1v) is 5.68. The maximum absolute atomic E-state index is 5.58. The highest BCUT2D eigenvalue weighted by molar-refractivity contribution is 5.48. The average Bonchev–Trinajstić information content (AvgIpc) is 2.29. The molecule has 1 aliphatic heterocycles. The van der Waals surface area contributed by atoms with E-state index in [9.17, 15) is 0 Å². The zero-order valence-electron chi connectivity index (χ0n) is 9.72. The highest BCUT2D eigenvalue weighted by atomic mass is 16.5. The number of rotatable bonds is 4. The number of anilines is 3. The molecular formula is C10H18N6O. The van der Waals surface area contributed by atoms with Crippen LogP contribution in [0.3, 0.4) is 0 Å². The number of nitrogens with one attached hydrogen (secondary N) is 1. The average molecular weight is 238 g/mol. The number of nitrogens with zero attached hydrogens (tertiary/aromatic N) is 3. The van der Waals surface area contributed by atoms with Crippen molar-refractivity contribution in [3.63, 3.8) is 0 Å². The highest BCUT2D eigenvalue weighted by Crippen LogP contribution is 2.08. The summed E-state index contributed by atoms with van der Waals surface area (Å²) in [6, 6.07) is 1.68. The van der Waals surface area contributed by atoms with Crippen LogP contribution in [0.15, 0.2) is 6.07 Å². The van der Waals surface area contributed by atoms with E-state index in [0.29, 0.717) is 11.6 Å². The van der Waals surface area contributed by atoms with Gasteiger partial charge in [0, 0.05) is 32.2 Å². The van der Waals surface area contributed by atoms with Crippen LogP contribution < -0.4 is 16.8 Å². The summed E-state index contributed by atoms with van der Waals surface area (Å²) in [6.07, 6.45) is 0. The molecule has 0 aliphatic carbocycles. The molecule has 5 N–H and O–H groups in total. The third kappa shape index (κ3) is 3.72. The van der Waals surface area contributed by atoms with Crippen molar-refractivity contribution in [3.8, 4) is 0 Å². The van der Waals surface area contributed by atoms with E-state index in [4.69, 9.17) is 16.2 Å². The summed E-state index contributed by atoms with van der Waals surface area (Å²) in [4.78, 5) is 10.2. The Morgan fingerprint density at radius 3 is 2.76 bits per heavy atom. The number of hydrogen-bond donors (Lipinski definition) is 3. The van der Waals surface area contributed by atoms with E-state index in [1.807, 2.05) is 0 Å². The van der Waals surface area contributed by atoms with Gasteiger partial charge in [-0.1, -0.05) is 0 Å². The summed E-state index contributed by atoms with van der Waals surface area (Å²) in [5.74, 6) is 1.24. The molecule has 0 saturated carbocycles. The Morgan fingerprint density at radius 1 is 1.29 bits per heavy atom. The molecule has 0 aromatic carbocycles. The van der Waals surface area contributed by atoms with E-state index in [0.717, 1.165) is 39.4 Å². The molecule has 1 aromatic heterocycles. The molecule has 2 heterocycles. The number of hydrogen-bond acceptors (Lipinski definition) is 7. The monoisotopic (exact) mass is 238 g/mol. The van der Waals surface area contributed by atoms with Crippen molar-refractivity contribution in [1.82, 2.24) is 14.9 Å². The van der Waals surface area contributed by atoms with Gasteiger partial charge in [-0.05, 0) is 0 Å². The predicted molar refractivity (Wildman–Crippen MR) is 66.6 cm³/mol. The van der Waals surface area contributed by atoms with Crippen LogP contribution in [-0.2, 0) is 4.74 Å². The number of nitrogen functional groups attached to an aromatic ring is 2. The van der Waals surface area contributed by atoms with E-state index in [1.54, 1.807) is 6.07 Å². The smallest absolute Gasteiger partial charge is 0.223 e. The van der Waals surface area contributed by atoms with E-state index < -0.39 is 0 Å². The van der Waals surface area contributed by atoms with Gasteiger partial charge < -0.3 is 21.5 Å². The van der Waals surface area contributed by atoms with Crippen LogP contribution in [0.5, 0.6) is 0 Å². The van der Waals surface area contributed by atoms with Crippen LogP contribution in [0, 0.1) is 0 Å². The lowest BCUT2D eigenvalue weighted by molar-refractivity contribution is 0.0398. The van der Waals surface area contributed by atoms with E-state index >= 15 is 0 Å². The van der Waals surface area contributed by atoms with E-state index in [-0.39, 0.29) is 5.95 Å². The standard InChI is InChI=1S/C10H18N6O/c11-8-7-9(15-10(12)14-8)13-1-2-16-3-5-17-6-4-16/h7H,1-6H2,(H5,11,12,13,14,15). The summed E-state index contributed by atoms with van der Waals surface area (Å²) in [5, 5.41) is 3.18. The summed E-state index contributed by atoms with van der Waals surface area (Å²) < 4.78 is 5.28. The lowest BCUT2D eigenvalue weighted by atomic mass is 10.4. The summed E-state index contributed by atoms with van der Waals surface area (Å²) in [5.41, 5.74) is 11.1. The molecule has 17 heavy (non-hydrogen) atoms. The predicted octanol–water partition coefficient (Wildman–Crippen LogP) is -0.615. The zero-order chi connectivity index (χ0) is 12.1. The molecule has 1 fully saturated rings. The largest absolute Gasteiger partial charge is 0.383 e. The van der Waals surface area contributed by atoms with Gasteiger partial charge in [0.05, 0.1) is 13.2 Å². The van der Waals surface area contributed by atoms with Crippen LogP contribution in [0.4, 0.5) is 17.6 Å². The Labute approximate surface area is 100 Å². The lowest BCUT2D eigenvalue weighted by Gasteiger charge is -2.26. The van der Waals surface area contributed by atoms with Crippen LogP contribution in [-0.4, -0.2) is 54.3 Å².